The Morgan fingerprint density at radius 1 is 1.42 bits per heavy atom. The summed E-state index contributed by atoms with van der Waals surface area (Å²) in [7, 11) is 0. The molecule has 0 aliphatic heterocycles. The van der Waals surface area contributed by atoms with Crippen LogP contribution in [0.15, 0.2) is 23.0 Å². The highest BCUT2D eigenvalue weighted by molar-refractivity contribution is 7.07. The van der Waals surface area contributed by atoms with Crippen LogP contribution in [-0.2, 0) is 0 Å². The van der Waals surface area contributed by atoms with Gasteiger partial charge in [-0.3, -0.25) is 0 Å². The average Bonchev–Trinajstić information content (AvgIpc) is 2.93. The number of anilines is 2. The van der Waals surface area contributed by atoms with E-state index in [0.29, 0.717) is 12.5 Å². The third kappa shape index (κ3) is 3.65. The molecule has 0 saturated heterocycles. The molecule has 0 fully saturated rings. The number of aliphatic hydroxyl groups excluding tert-OH is 1. The minimum atomic E-state index is -0.525. The zero-order valence-electron chi connectivity index (χ0n) is 11.1. The van der Waals surface area contributed by atoms with Crippen molar-refractivity contribution in [2.75, 3.05) is 23.7 Å². The molecule has 3 N–H and O–H groups in total. The van der Waals surface area contributed by atoms with Crippen LogP contribution in [-0.4, -0.2) is 28.2 Å². The van der Waals surface area contributed by atoms with Gasteiger partial charge in [0.15, 0.2) is 0 Å². The first-order valence-electron chi connectivity index (χ1n) is 6.22. The quantitative estimate of drug-likeness (QED) is 0.757. The summed E-state index contributed by atoms with van der Waals surface area (Å²) in [6, 6.07) is 1.92. The molecule has 0 amide bonds. The standard InChI is InChI=1S/C13H18N4OS/c1-3-14-13-16-6-9(2)12(17-13)15-7-11(18)10-4-5-19-8-10/h4-6,8,11,18H,3,7H2,1-2H3,(H2,14,15,16,17). The van der Waals surface area contributed by atoms with Gasteiger partial charge in [-0.05, 0) is 36.2 Å². The Bertz CT molecular complexity index is 515. The topological polar surface area (TPSA) is 70.1 Å². The first kappa shape index (κ1) is 13.8. The second kappa shape index (κ2) is 6.49. The predicted octanol–water partition coefficient (Wildman–Crippen LogP) is 2.42. The number of rotatable bonds is 6. The molecule has 19 heavy (non-hydrogen) atoms. The van der Waals surface area contributed by atoms with E-state index in [0.717, 1.165) is 23.5 Å². The van der Waals surface area contributed by atoms with Gasteiger partial charge in [-0.1, -0.05) is 0 Å². The van der Waals surface area contributed by atoms with Crippen molar-refractivity contribution >= 4 is 23.1 Å². The lowest BCUT2D eigenvalue weighted by molar-refractivity contribution is 0.192. The van der Waals surface area contributed by atoms with Crippen molar-refractivity contribution in [1.82, 2.24) is 9.97 Å². The molecule has 102 valence electrons. The molecule has 5 nitrogen and oxygen atoms in total. The maximum absolute atomic E-state index is 10.0. The molecule has 0 aliphatic rings. The summed E-state index contributed by atoms with van der Waals surface area (Å²) < 4.78 is 0. The molecule has 2 heterocycles. The van der Waals surface area contributed by atoms with Gasteiger partial charge in [0.2, 0.25) is 5.95 Å². The molecule has 2 rings (SSSR count). The zero-order chi connectivity index (χ0) is 13.7. The third-order valence-corrected chi connectivity index (χ3v) is 3.40. The Hall–Kier alpha value is -1.66. The van der Waals surface area contributed by atoms with Gasteiger partial charge < -0.3 is 15.7 Å². The van der Waals surface area contributed by atoms with Gasteiger partial charge in [-0.15, -0.1) is 0 Å². The smallest absolute Gasteiger partial charge is 0.224 e. The Labute approximate surface area is 116 Å². The second-order valence-electron chi connectivity index (χ2n) is 4.21. The van der Waals surface area contributed by atoms with Crippen molar-refractivity contribution in [2.24, 2.45) is 0 Å². The van der Waals surface area contributed by atoms with Crippen molar-refractivity contribution in [3.8, 4) is 0 Å². The largest absolute Gasteiger partial charge is 0.387 e. The molecular weight excluding hydrogens is 260 g/mol. The van der Waals surface area contributed by atoms with E-state index in [1.807, 2.05) is 30.7 Å². The number of nitrogens with one attached hydrogen (secondary N) is 2. The van der Waals surface area contributed by atoms with Crippen molar-refractivity contribution in [3.63, 3.8) is 0 Å². The van der Waals surface area contributed by atoms with Crippen LogP contribution in [0.25, 0.3) is 0 Å². The highest BCUT2D eigenvalue weighted by atomic mass is 32.1. The van der Waals surface area contributed by atoms with Gasteiger partial charge in [0, 0.05) is 24.8 Å². The Morgan fingerprint density at radius 2 is 2.26 bits per heavy atom. The second-order valence-corrected chi connectivity index (χ2v) is 4.99. The number of thiophene rings is 1. The lowest BCUT2D eigenvalue weighted by Crippen LogP contribution is -2.14. The van der Waals surface area contributed by atoms with Gasteiger partial charge in [-0.2, -0.15) is 16.3 Å². The van der Waals surface area contributed by atoms with E-state index in [2.05, 4.69) is 20.6 Å². The number of aromatic nitrogens is 2. The van der Waals surface area contributed by atoms with Gasteiger partial charge in [0.25, 0.3) is 0 Å². The van der Waals surface area contributed by atoms with Crippen LogP contribution in [0.1, 0.15) is 24.2 Å². The first-order valence-corrected chi connectivity index (χ1v) is 7.16. The summed E-state index contributed by atoms with van der Waals surface area (Å²) in [6.07, 6.45) is 1.24. The first-order chi connectivity index (χ1) is 9.20. The van der Waals surface area contributed by atoms with Crippen LogP contribution < -0.4 is 10.6 Å². The predicted molar refractivity (Wildman–Crippen MR) is 78.7 cm³/mol. The van der Waals surface area contributed by atoms with Crippen LogP contribution in [0.2, 0.25) is 0 Å². The number of hydrogen-bond acceptors (Lipinski definition) is 6. The van der Waals surface area contributed by atoms with Crippen molar-refractivity contribution in [2.45, 2.75) is 20.0 Å². The fourth-order valence-electron chi connectivity index (χ4n) is 1.64. The molecule has 2 aromatic heterocycles. The minimum Gasteiger partial charge on any atom is -0.387 e. The molecule has 0 aromatic carbocycles. The van der Waals surface area contributed by atoms with E-state index in [1.54, 1.807) is 17.5 Å². The summed E-state index contributed by atoms with van der Waals surface area (Å²) in [5, 5.41) is 20.2. The molecule has 0 spiro atoms. The van der Waals surface area contributed by atoms with E-state index >= 15 is 0 Å². The van der Waals surface area contributed by atoms with Gasteiger partial charge >= 0.3 is 0 Å². The highest BCUT2D eigenvalue weighted by Crippen LogP contribution is 2.18. The lowest BCUT2D eigenvalue weighted by Gasteiger charge is -2.13. The van der Waals surface area contributed by atoms with Crippen LogP contribution in [0, 0.1) is 6.92 Å². The lowest BCUT2D eigenvalue weighted by atomic mass is 10.2. The van der Waals surface area contributed by atoms with Gasteiger partial charge in [0.05, 0.1) is 6.10 Å². The monoisotopic (exact) mass is 278 g/mol. The van der Waals surface area contributed by atoms with E-state index in [1.165, 1.54) is 0 Å². The van der Waals surface area contributed by atoms with Gasteiger partial charge in [-0.25, -0.2) is 4.98 Å². The zero-order valence-corrected chi connectivity index (χ0v) is 11.9. The molecule has 1 unspecified atom stereocenters. The summed E-state index contributed by atoms with van der Waals surface area (Å²) in [5.41, 5.74) is 1.88. The Morgan fingerprint density at radius 3 is 2.95 bits per heavy atom. The Kier molecular flexibility index (Phi) is 4.70. The Balaban J connectivity index is 2.00. The van der Waals surface area contributed by atoms with Crippen LogP contribution in [0.5, 0.6) is 0 Å². The van der Waals surface area contributed by atoms with Crippen LogP contribution >= 0.6 is 11.3 Å². The average molecular weight is 278 g/mol. The fraction of sp³-hybridized carbons (Fsp3) is 0.385. The van der Waals surface area contributed by atoms with E-state index in [9.17, 15) is 5.11 Å². The van der Waals surface area contributed by atoms with Crippen LogP contribution in [0.4, 0.5) is 11.8 Å². The number of aryl methyl sites for hydroxylation is 1. The fourth-order valence-corrected chi connectivity index (χ4v) is 2.35. The summed E-state index contributed by atoms with van der Waals surface area (Å²) >= 11 is 1.58. The molecule has 0 bridgehead atoms. The highest BCUT2D eigenvalue weighted by Gasteiger charge is 2.09. The third-order valence-electron chi connectivity index (χ3n) is 2.70. The van der Waals surface area contributed by atoms with Gasteiger partial charge in [0.1, 0.15) is 5.82 Å². The molecule has 6 heteroatoms. The molecule has 2 aromatic rings. The molecule has 1 atom stereocenters. The summed E-state index contributed by atoms with van der Waals surface area (Å²) in [4.78, 5) is 8.56. The SMILES string of the molecule is CCNc1ncc(C)c(NCC(O)c2ccsc2)n1. The normalized spacial score (nSPS) is 12.2. The summed E-state index contributed by atoms with van der Waals surface area (Å²) in [6.45, 7) is 5.14. The number of aliphatic hydroxyl groups is 1. The van der Waals surface area contributed by atoms with E-state index < -0.39 is 6.10 Å². The summed E-state index contributed by atoms with van der Waals surface area (Å²) in [5.74, 6) is 1.35. The maximum atomic E-state index is 10.0. The maximum Gasteiger partial charge on any atom is 0.224 e. The molecular formula is C13H18N4OS. The number of nitrogens with zero attached hydrogens (tertiary/aromatic N) is 2. The van der Waals surface area contributed by atoms with Crippen molar-refractivity contribution < 1.29 is 5.11 Å². The van der Waals surface area contributed by atoms with E-state index in [4.69, 9.17) is 0 Å². The molecule has 0 saturated carbocycles. The number of hydrogen-bond donors (Lipinski definition) is 3. The minimum absolute atomic E-state index is 0.431. The van der Waals surface area contributed by atoms with Crippen molar-refractivity contribution in [1.29, 1.82) is 0 Å². The molecule has 0 radical (unpaired) electrons. The van der Waals surface area contributed by atoms with Crippen molar-refractivity contribution in [3.05, 3.63) is 34.2 Å². The van der Waals surface area contributed by atoms with Crippen LogP contribution in [0.3, 0.4) is 0 Å². The van der Waals surface area contributed by atoms with E-state index in [-0.39, 0.29) is 0 Å². The molecule has 0 aliphatic carbocycles.